The van der Waals surface area contributed by atoms with E-state index in [1.807, 2.05) is 0 Å². The average molecular weight is 284 g/mol. The third-order valence-corrected chi connectivity index (χ3v) is 2.59. The SMILES string of the molecule is [2H]c1c([2H])c([2H])c(C(OC([2H])([2H])C([2H])([2H])N(C([2H])([2H])[2H])C([2H])([2H])[2H])c2ccccc2C)c([2H])c1[2H]. The summed E-state index contributed by atoms with van der Waals surface area (Å²) in [5.41, 5.74) is -0.0107. The zero-order chi connectivity index (χ0) is 27.3. The van der Waals surface area contributed by atoms with Crippen LogP contribution in [0.4, 0.5) is 0 Å². The van der Waals surface area contributed by atoms with Crippen LogP contribution in [0.5, 0.6) is 0 Å². The molecule has 0 bridgehead atoms. The molecule has 0 N–H and O–H groups in total. The Balaban J connectivity index is 2.82. The molecule has 0 spiro atoms. The minimum absolute atomic E-state index is 0.0972. The van der Waals surface area contributed by atoms with Gasteiger partial charge in [0.15, 0.2) is 0 Å². The number of likely N-dealkylation sites (N-methyl/N-ethyl adjacent to an activating group) is 1. The van der Waals surface area contributed by atoms with E-state index < -0.39 is 73.8 Å². The number of nitrogens with zero attached hydrogens (tertiary/aromatic N) is 1. The van der Waals surface area contributed by atoms with Crippen molar-refractivity contribution in [2.75, 3.05) is 27.0 Å². The van der Waals surface area contributed by atoms with Crippen LogP contribution < -0.4 is 0 Å². The van der Waals surface area contributed by atoms with E-state index in [-0.39, 0.29) is 5.56 Å². The highest BCUT2D eigenvalue weighted by Gasteiger charge is 2.16. The summed E-state index contributed by atoms with van der Waals surface area (Å²) < 4.78 is 123. The van der Waals surface area contributed by atoms with Crippen LogP contribution in [-0.4, -0.2) is 31.9 Å². The Morgan fingerprint density at radius 3 is 2.70 bits per heavy atom. The van der Waals surface area contributed by atoms with E-state index in [2.05, 4.69) is 0 Å². The molecule has 0 aliphatic rings. The van der Waals surface area contributed by atoms with Gasteiger partial charge in [0.25, 0.3) is 0 Å². The lowest BCUT2D eigenvalue weighted by molar-refractivity contribution is 0.0683. The van der Waals surface area contributed by atoms with Gasteiger partial charge >= 0.3 is 0 Å². The summed E-state index contributed by atoms with van der Waals surface area (Å²) in [5, 5.41) is 0. The zero-order valence-corrected chi connectivity index (χ0v) is 10.7. The van der Waals surface area contributed by atoms with Gasteiger partial charge in [-0.1, -0.05) is 54.5 Å². The first-order chi connectivity index (χ1) is 15.7. The van der Waals surface area contributed by atoms with Crippen LogP contribution in [0, 0.1) is 6.92 Å². The van der Waals surface area contributed by atoms with Gasteiger partial charge in [-0.15, -0.1) is 0 Å². The summed E-state index contributed by atoms with van der Waals surface area (Å²) in [7, 11) is 0. The maximum absolute atomic E-state index is 8.28. The predicted molar refractivity (Wildman–Crippen MR) is 84.0 cm³/mol. The molecule has 0 radical (unpaired) electrons. The van der Waals surface area contributed by atoms with Crippen molar-refractivity contribution in [2.45, 2.75) is 13.0 Å². The molecule has 0 amide bonds. The molecule has 1 atom stereocenters. The Kier molecular flexibility index (Phi) is 1.69. The maximum atomic E-state index is 8.28. The molecule has 1 unspecified atom stereocenters. The van der Waals surface area contributed by atoms with Gasteiger partial charge in [-0.2, -0.15) is 0 Å². The van der Waals surface area contributed by atoms with Gasteiger partial charge in [-0.3, -0.25) is 0 Å². The fourth-order valence-electron chi connectivity index (χ4n) is 1.68. The lowest BCUT2D eigenvalue weighted by atomic mass is 9.97. The van der Waals surface area contributed by atoms with Crippen LogP contribution in [0.3, 0.4) is 0 Å². The van der Waals surface area contributed by atoms with Crippen LogP contribution in [0.25, 0.3) is 0 Å². The van der Waals surface area contributed by atoms with Crippen LogP contribution in [0.15, 0.2) is 54.5 Å². The molecule has 0 fully saturated rings. The minimum atomic E-state index is -3.79. The van der Waals surface area contributed by atoms with Gasteiger partial charge in [-0.05, 0) is 37.6 Å². The van der Waals surface area contributed by atoms with E-state index in [0.29, 0.717) is 5.56 Å². The van der Waals surface area contributed by atoms with Crippen molar-refractivity contribution in [1.29, 1.82) is 0 Å². The molecule has 0 heterocycles. The third kappa shape index (κ3) is 3.92. The molecular weight excluding hydrogens is 246 g/mol. The van der Waals surface area contributed by atoms with Crippen LogP contribution in [0.2, 0.25) is 0 Å². The van der Waals surface area contributed by atoms with Crippen LogP contribution >= 0.6 is 0 Å². The quantitative estimate of drug-likeness (QED) is 0.802. The number of benzene rings is 2. The van der Waals surface area contributed by atoms with Crippen LogP contribution in [-0.2, 0) is 4.74 Å². The van der Waals surface area contributed by atoms with Crippen molar-refractivity contribution in [1.82, 2.24) is 4.90 Å². The topological polar surface area (TPSA) is 12.5 Å². The summed E-state index contributed by atoms with van der Waals surface area (Å²) in [6, 6.07) is 2.35. The summed E-state index contributed by atoms with van der Waals surface area (Å²) in [6.45, 7) is -13.1. The highest BCUT2D eigenvalue weighted by molar-refractivity contribution is 5.35. The van der Waals surface area contributed by atoms with Gasteiger partial charge in [-0.25, -0.2) is 0 Å². The Morgan fingerprint density at radius 1 is 1.25 bits per heavy atom. The number of hydrogen-bond acceptors (Lipinski definition) is 2. The number of hydrogen-bond donors (Lipinski definition) is 0. The van der Waals surface area contributed by atoms with Crippen molar-refractivity contribution >= 4 is 0 Å². The number of ether oxygens (including phenoxy) is 1. The molecule has 0 aliphatic heterocycles. The monoisotopic (exact) mass is 284 g/mol. The Labute approximate surface area is 143 Å². The number of rotatable bonds is 6. The van der Waals surface area contributed by atoms with E-state index in [0.717, 1.165) is 0 Å². The predicted octanol–water partition coefficient (Wildman–Crippen LogP) is 3.66. The van der Waals surface area contributed by atoms with Crippen LogP contribution in [0.1, 0.15) is 43.4 Å². The van der Waals surface area contributed by atoms with E-state index >= 15 is 0 Å². The Morgan fingerprint density at radius 2 is 2.00 bits per heavy atom. The van der Waals surface area contributed by atoms with Gasteiger partial charge in [0.05, 0.1) is 16.2 Å². The number of aryl methyl sites for hydroxylation is 1. The smallest absolute Gasteiger partial charge is 0.108 e. The molecule has 2 aromatic carbocycles. The first-order valence-corrected chi connectivity index (χ1v) is 5.77. The lowest BCUT2D eigenvalue weighted by Crippen LogP contribution is -2.20. The Hall–Kier alpha value is -1.64. The average Bonchev–Trinajstić information content (AvgIpc) is 2.67. The molecule has 0 saturated heterocycles. The van der Waals surface area contributed by atoms with E-state index in [9.17, 15) is 0 Å². The molecular formula is C18H23NO. The molecule has 0 saturated carbocycles. The summed E-state index contributed by atoms with van der Waals surface area (Å²) in [6.07, 6.45) is -1.83. The van der Waals surface area contributed by atoms with Gasteiger partial charge in [0, 0.05) is 17.5 Å². The first kappa shape index (κ1) is 4.69. The molecule has 2 aromatic rings. The largest absolute Gasteiger partial charge is 0.367 e. The molecule has 0 aromatic heterocycles. The second-order valence-corrected chi connectivity index (χ2v) is 3.94. The molecule has 2 nitrogen and oxygen atoms in total. The molecule has 2 heteroatoms. The molecule has 2 rings (SSSR count). The minimum Gasteiger partial charge on any atom is -0.367 e. The molecule has 0 aliphatic carbocycles. The molecule has 20 heavy (non-hydrogen) atoms. The normalized spacial score (nSPS) is 26.2. The van der Waals surface area contributed by atoms with Gasteiger partial charge in [0.1, 0.15) is 6.10 Å². The fraction of sp³-hybridized carbons (Fsp3) is 0.333. The summed E-state index contributed by atoms with van der Waals surface area (Å²) in [4.78, 5) is -0.607. The zero-order valence-electron chi connectivity index (χ0n) is 25.7. The van der Waals surface area contributed by atoms with E-state index in [1.165, 1.54) is 12.1 Å². The van der Waals surface area contributed by atoms with Crippen molar-refractivity contribution in [3.05, 3.63) is 71.2 Å². The molecule has 106 valence electrons. The van der Waals surface area contributed by atoms with Crippen molar-refractivity contribution in [3.63, 3.8) is 0 Å². The second kappa shape index (κ2) is 7.22. The Bertz CT molecular complexity index is 1050. The summed E-state index contributed by atoms with van der Waals surface area (Å²) >= 11 is 0. The van der Waals surface area contributed by atoms with E-state index in [4.69, 9.17) is 25.3 Å². The second-order valence-electron chi connectivity index (χ2n) is 3.94. The van der Waals surface area contributed by atoms with Crippen molar-refractivity contribution < 1.29 is 25.3 Å². The lowest BCUT2D eigenvalue weighted by Gasteiger charge is -2.22. The van der Waals surface area contributed by atoms with Crippen molar-refractivity contribution in [2.24, 2.45) is 0 Å². The summed E-state index contributed by atoms with van der Waals surface area (Å²) in [5.74, 6) is 0. The standard InChI is InChI=1S/C18H23NO/c1-15-9-7-8-12-17(15)18(20-14-13-19(2)3)16-10-5-4-6-11-16/h4-12,18H,13-14H2,1-3H3/i2D3,3D3,4D,5D,6D,10D,11D,13D2,14D2. The highest BCUT2D eigenvalue weighted by atomic mass is 16.5. The van der Waals surface area contributed by atoms with E-state index in [1.54, 1.807) is 19.1 Å². The first-order valence-electron chi connectivity index (χ1n) is 13.3. The van der Waals surface area contributed by atoms with Gasteiger partial charge < -0.3 is 9.64 Å². The van der Waals surface area contributed by atoms with Crippen molar-refractivity contribution in [3.8, 4) is 0 Å². The fourth-order valence-corrected chi connectivity index (χ4v) is 1.68. The highest BCUT2D eigenvalue weighted by Crippen LogP contribution is 2.28. The maximum Gasteiger partial charge on any atom is 0.108 e. The third-order valence-electron chi connectivity index (χ3n) is 2.59. The van der Waals surface area contributed by atoms with Gasteiger partial charge in [0.2, 0.25) is 0 Å².